The fourth-order valence-corrected chi connectivity index (χ4v) is 1.83. The van der Waals surface area contributed by atoms with Gasteiger partial charge in [-0.15, -0.1) is 0 Å². The Morgan fingerprint density at radius 3 is 2.63 bits per heavy atom. The fourth-order valence-electron chi connectivity index (χ4n) is 1.65. The second kappa shape index (κ2) is 5.19. The Morgan fingerprint density at radius 2 is 2.05 bits per heavy atom. The van der Waals surface area contributed by atoms with E-state index in [0.29, 0.717) is 27.9 Å². The van der Waals surface area contributed by atoms with Gasteiger partial charge in [0.05, 0.1) is 22.1 Å². The fraction of sp³-hybridized carbons (Fsp3) is 0.167. The van der Waals surface area contributed by atoms with Crippen LogP contribution in [0.2, 0.25) is 5.02 Å². The third-order valence-electron chi connectivity index (χ3n) is 2.62. The van der Waals surface area contributed by atoms with E-state index in [1.54, 1.807) is 38.2 Å². The topological polar surface area (TPSA) is 85.0 Å². The van der Waals surface area contributed by atoms with Crippen LogP contribution in [0.3, 0.4) is 0 Å². The van der Waals surface area contributed by atoms with Crippen molar-refractivity contribution in [3.8, 4) is 0 Å². The van der Waals surface area contributed by atoms with Crippen molar-refractivity contribution in [3.63, 3.8) is 0 Å². The number of hydrogen-bond acceptors (Lipinski definition) is 3. The van der Waals surface area contributed by atoms with Gasteiger partial charge < -0.3 is 11.1 Å². The maximum Gasteiger partial charge on any atom is 0.324 e. The first-order valence-corrected chi connectivity index (χ1v) is 5.98. The van der Waals surface area contributed by atoms with E-state index in [1.807, 2.05) is 0 Å². The van der Waals surface area contributed by atoms with Crippen LogP contribution in [0, 0.1) is 6.92 Å². The first-order chi connectivity index (χ1) is 8.99. The number of nitrogens with two attached hydrogens (primary N) is 1. The SMILES string of the molecule is Cc1nn(C)c(NC(=O)Nc2ccccc2Cl)c1N. The highest BCUT2D eigenvalue weighted by Gasteiger charge is 2.13. The van der Waals surface area contributed by atoms with Crippen molar-refractivity contribution in [1.82, 2.24) is 9.78 Å². The Kier molecular flexibility index (Phi) is 3.62. The number of benzene rings is 1. The number of para-hydroxylation sites is 1. The van der Waals surface area contributed by atoms with Gasteiger partial charge in [-0.25, -0.2) is 4.79 Å². The molecule has 4 N–H and O–H groups in total. The van der Waals surface area contributed by atoms with Crippen LogP contribution >= 0.6 is 11.6 Å². The van der Waals surface area contributed by atoms with Crippen molar-refractivity contribution < 1.29 is 4.79 Å². The molecule has 0 spiro atoms. The van der Waals surface area contributed by atoms with Crippen molar-refractivity contribution >= 4 is 34.8 Å². The lowest BCUT2D eigenvalue weighted by Crippen LogP contribution is -2.21. The Balaban J connectivity index is 2.12. The molecular formula is C12H14ClN5O. The molecule has 7 heteroatoms. The summed E-state index contributed by atoms with van der Waals surface area (Å²) in [7, 11) is 1.70. The molecule has 0 unspecified atom stereocenters. The van der Waals surface area contributed by atoms with E-state index in [9.17, 15) is 4.79 Å². The van der Waals surface area contributed by atoms with Gasteiger partial charge in [0, 0.05) is 7.05 Å². The molecule has 0 aliphatic rings. The molecule has 2 aromatic rings. The molecule has 2 amide bonds. The predicted octanol–water partition coefficient (Wildman–Crippen LogP) is 2.61. The molecule has 0 aliphatic heterocycles. The third-order valence-corrected chi connectivity index (χ3v) is 2.95. The molecular weight excluding hydrogens is 266 g/mol. The molecule has 0 radical (unpaired) electrons. The largest absolute Gasteiger partial charge is 0.394 e. The lowest BCUT2D eigenvalue weighted by Gasteiger charge is -2.09. The van der Waals surface area contributed by atoms with Crippen LogP contribution in [0.5, 0.6) is 0 Å². The molecule has 0 saturated heterocycles. The average molecular weight is 280 g/mol. The number of carbonyl (C=O) groups excluding carboxylic acids is 1. The van der Waals surface area contributed by atoms with Crippen molar-refractivity contribution in [2.45, 2.75) is 6.92 Å². The monoisotopic (exact) mass is 279 g/mol. The van der Waals surface area contributed by atoms with E-state index >= 15 is 0 Å². The molecule has 1 heterocycles. The number of hydrogen-bond donors (Lipinski definition) is 3. The Labute approximate surface area is 115 Å². The summed E-state index contributed by atoms with van der Waals surface area (Å²) in [6, 6.07) is 6.54. The van der Waals surface area contributed by atoms with Crippen LogP contribution < -0.4 is 16.4 Å². The highest BCUT2D eigenvalue weighted by atomic mass is 35.5. The highest BCUT2D eigenvalue weighted by Crippen LogP contribution is 2.23. The average Bonchev–Trinajstić information content (AvgIpc) is 2.59. The normalized spacial score (nSPS) is 10.3. The van der Waals surface area contributed by atoms with E-state index < -0.39 is 6.03 Å². The zero-order chi connectivity index (χ0) is 14.0. The van der Waals surface area contributed by atoms with Crippen molar-refractivity contribution in [1.29, 1.82) is 0 Å². The van der Waals surface area contributed by atoms with Gasteiger partial charge in [0.15, 0.2) is 5.82 Å². The highest BCUT2D eigenvalue weighted by molar-refractivity contribution is 6.33. The maximum atomic E-state index is 11.9. The molecule has 1 aromatic heterocycles. The van der Waals surface area contributed by atoms with Gasteiger partial charge in [-0.05, 0) is 19.1 Å². The number of aromatic nitrogens is 2. The van der Waals surface area contributed by atoms with Gasteiger partial charge in [-0.1, -0.05) is 23.7 Å². The van der Waals surface area contributed by atoms with Crippen LogP contribution in [-0.4, -0.2) is 15.8 Å². The number of carbonyl (C=O) groups is 1. The minimum atomic E-state index is -0.428. The molecule has 6 nitrogen and oxygen atoms in total. The number of halogens is 1. The van der Waals surface area contributed by atoms with E-state index in [4.69, 9.17) is 17.3 Å². The first-order valence-electron chi connectivity index (χ1n) is 5.60. The third kappa shape index (κ3) is 2.79. The molecule has 0 atom stereocenters. The smallest absolute Gasteiger partial charge is 0.324 e. The predicted molar refractivity (Wildman–Crippen MR) is 76.5 cm³/mol. The standard InChI is InChI=1S/C12H14ClN5O/c1-7-10(14)11(18(2)17-7)16-12(19)15-9-6-4-3-5-8(9)13/h3-6H,14H2,1-2H3,(H2,15,16,19). The molecule has 100 valence electrons. The quantitative estimate of drug-likeness (QED) is 0.790. The summed E-state index contributed by atoms with van der Waals surface area (Å²) in [6.45, 7) is 1.77. The van der Waals surface area contributed by atoms with E-state index in [2.05, 4.69) is 15.7 Å². The van der Waals surface area contributed by atoms with Gasteiger partial charge in [-0.3, -0.25) is 10.00 Å². The molecule has 0 bridgehead atoms. The number of nitrogen functional groups attached to an aromatic ring is 1. The van der Waals surface area contributed by atoms with Gasteiger partial charge in [0.25, 0.3) is 0 Å². The van der Waals surface area contributed by atoms with Crippen LogP contribution in [0.25, 0.3) is 0 Å². The summed E-state index contributed by atoms with van der Waals surface area (Å²) in [5.74, 6) is 0.446. The summed E-state index contributed by atoms with van der Waals surface area (Å²) in [6.07, 6.45) is 0. The van der Waals surface area contributed by atoms with Gasteiger partial charge in [0.2, 0.25) is 0 Å². The summed E-state index contributed by atoms with van der Waals surface area (Å²) in [5.41, 5.74) is 7.45. The van der Waals surface area contributed by atoms with Crippen molar-refractivity contribution in [2.24, 2.45) is 7.05 Å². The summed E-state index contributed by atoms with van der Waals surface area (Å²) in [5, 5.41) is 9.86. The number of anilines is 3. The molecule has 0 saturated carbocycles. The minimum absolute atomic E-state index is 0.428. The van der Waals surface area contributed by atoms with E-state index in [0.717, 1.165) is 0 Å². The molecule has 0 fully saturated rings. The number of rotatable bonds is 2. The number of urea groups is 1. The zero-order valence-corrected chi connectivity index (χ0v) is 11.3. The minimum Gasteiger partial charge on any atom is -0.394 e. The molecule has 1 aromatic carbocycles. The number of amides is 2. The first kappa shape index (κ1) is 13.2. The van der Waals surface area contributed by atoms with Crippen LogP contribution in [0.15, 0.2) is 24.3 Å². The lowest BCUT2D eigenvalue weighted by molar-refractivity contribution is 0.262. The van der Waals surface area contributed by atoms with Crippen LogP contribution in [0.4, 0.5) is 22.0 Å². The van der Waals surface area contributed by atoms with Crippen LogP contribution in [-0.2, 0) is 7.05 Å². The second-order valence-electron chi connectivity index (χ2n) is 4.03. The zero-order valence-electron chi connectivity index (χ0n) is 10.6. The maximum absolute atomic E-state index is 11.9. The Morgan fingerprint density at radius 1 is 1.37 bits per heavy atom. The van der Waals surface area contributed by atoms with Gasteiger partial charge in [-0.2, -0.15) is 5.10 Å². The van der Waals surface area contributed by atoms with Crippen molar-refractivity contribution in [3.05, 3.63) is 35.0 Å². The molecule has 2 rings (SSSR count). The summed E-state index contributed by atoms with van der Waals surface area (Å²) in [4.78, 5) is 11.9. The van der Waals surface area contributed by atoms with Crippen molar-refractivity contribution in [2.75, 3.05) is 16.4 Å². The van der Waals surface area contributed by atoms with E-state index in [-0.39, 0.29) is 0 Å². The molecule has 19 heavy (non-hydrogen) atoms. The lowest BCUT2D eigenvalue weighted by atomic mass is 10.3. The number of nitrogens with one attached hydrogen (secondary N) is 2. The van der Waals surface area contributed by atoms with E-state index in [1.165, 1.54) is 4.68 Å². The Bertz CT molecular complexity index is 623. The second-order valence-corrected chi connectivity index (χ2v) is 4.44. The number of nitrogens with zero attached hydrogens (tertiary/aromatic N) is 2. The summed E-state index contributed by atoms with van der Waals surface area (Å²) < 4.78 is 1.51. The van der Waals surface area contributed by atoms with Gasteiger partial charge in [0.1, 0.15) is 0 Å². The van der Waals surface area contributed by atoms with Gasteiger partial charge >= 0.3 is 6.03 Å². The molecule has 0 aliphatic carbocycles. The van der Waals surface area contributed by atoms with Crippen LogP contribution in [0.1, 0.15) is 5.69 Å². The Hall–Kier alpha value is -2.21. The number of aryl methyl sites for hydroxylation is 2. The summed E-state index contributed by atoms with van der Waals surface area (Å²) >= 11 is 5.95.